The van der Waals surface area contributed by atoms with Crippen molar-refractivity contribution in [1.29, 1.82) is 0 Å². The van der Waals surface area contributed by atoms with Crippen molar-refractivity contribution in [2.24, 2.45) is 0 Å². The van der Waals surface area contributed by atoms with Crippen molar-refractivity contribution >= 4 is 35.0 Å². The summed E-state index contributed by atoms with van der Waals surface area (Å²) >= 11 is 7.42. The lowest BCUT2D eigenvalue weighted by Crippen LogP contribution is -2.33. The zero-order valence-corrected chi connectivity index (χ0v) is 15.4. The molecule has 0 bridgehead atoms. The van der Waals surface area contributed by atoms with E-state index in [9.17, 15) is 4.79 Å². The molecule has 2 aromatic carbocycles. The van der Waals surface area contributed by atoms with Gasteiger partial charge in [0, 0.05) is 17.8 Å². The van der Waals surface area contributed by atoms with Crippen LogP contribution in [-0.4, -0.2) is 33.0 Å². The van der Waals surface area contributed by atoms with Crippen molar-refractivity contribution in [2.75, 3.05) is 11.9 Å². The Kier molecular flexibility index (Phi) is 5.40. The molecular formula is C18H17ClN4OS. The molecule has 0 aliphatic carbocycles. The second kappa shape index (κ2) is 7.72. The minimum absolute atomic E-state index is 0.00292. The van der Waals surface area contributed by atoms with Gasteiger partial charge in [0.25, 0.3) is 0 Å². The van der Waals surface area contributed by atoms with Crippen LogP contribution in [0.5, 0.6) is 0 Å². The number of halogens is 1. The van der Waals surface area contributed by atoms with Crippen LogP contribution in [-0.2, 0) is 4.79 Å². The third-order valence-corrected chi connectivity index (χ3v) is 4.99. The van der Waals surface area contributed by atoms with E-state index in [1.807, 2.05) is 66.1 Å². The highest BCUT2D eigenvalue weighted by Crippen LogP contribution is 2.27. The minimum Gasteiger partial charge on any atom is -0.315 e. The Morgan fingerprint density at radius 1 is 1.20 bits per heavy atom. The predicted molar refractivity (Wildman–Crippen MR) is 102 cm³/mol. The number of hydrogen-bond acceptors (Lipinski definition) is 4. The molecular weight excluding hydrogens is 356 g/mol. The fourth-order valence-electron chi connectivity index (χ4n) is 2.37. The summed E-state index contributed by atoms with van der Waals surface area (Å²) in [6.45, 7) is 1.86. The van der Waals surface area contributed by atoms with Crippen LogP contribution in [0.4, 0.5) is 5.69 Å². The smallest absolute Gasteiger partial charge is 0.240 e. The van der Waals surface area contributed by atoms with E-state index in [0.717, 1.165) is 11.4 Å². The number of rotatable bonds is 5. The number of nitrogens with zero attached hydrogens (tertiary/aromatic N) is 4. The van der Waals surface area contributed by atoms with Crippen LogP contribution in [0.2, 0.25) is 5.02 Å². The monoisotopic (exact) mass is 372 g/mol. The Morgan fingerprint density at radius 3 is 2.68 bits per heavy atom. The van der Waals surface area contributed by atoms with Crippen LogP contribution in [0, 0.1) is 0 Å². The third-order valence-electron chi connectivity index (χ3n) is 3.71. The summed E-state index contributed by atoms with van der Waals surface area (Å²) in [5.74, 6) is -0.00292. The lowest BCUT2D eigenvalue weighted by atomic mass is 10.3. The Labute approximate surface area is 155 Å². The first kappa shape index (κ1) is 17.5. The van der Waals surface area contributed by atoms with Gasteiger partial charge in [-0.15, -0.1) is 10.2 Å². The normalized spacial score (nSPS) is 12.0. The Hall–Kier alpha value is -2.31. The molecule has 7 heteroatoms. The largest absolute Gasteiger partial charge is 0.315 e. The van der Waals surface area contributed by atoms with E-state index in [1.165, 1.54) is 11.8 Å². The van der Waals surface area contributed by atoms with Crippen LogP contribution in [0.3, 0.4) is 0 Å². The summed E-state index contributed by atoms with van der Waals surface area (Å²) in [6, 6.07) is 17.0. The zero-order chi connectivity index (χ0) is 17.8. The first-order valence-electron chi connectivity index (χ1n) is 7.71. The van der Waals surface area contributed by atoms with Crippen molar-refractivity contribution < 1.29 is 4.79 Å². The van der Waals surface area contributed by atoms with E-state index < -0.39 is 0 Å². The van der Waals surface area contributed by atoms with E-state index in [0.29, 0.717) is 10.2 Å². The van der Waals surface area contributed by atoms with Gasteiger partial charge in [0.05, 0.1) is 10.9 Å². The van der Waals surface area contributed by atoms with Crippen LogP contribution >= 0.6 is 23.4 Å². The molecule has 0 aliphatic heterocycles. The number of aromatic nitrogens is 3. The maximum atomic E-state index is 12.7. The van der Waals surface area contributed by atoms with Gasteiger partial charge in [-0.05, 0) is 37.3 Å². The number of benzene rings is 2. The number of hydrogen-bond donors (Lipinski definition) is 0. The molecule has 128 valence electrons. The highest BCUT2D eigenvalue weighted by atomic mass is 35.5. The molecule has 1 heterocycles. The lowest BCUT2D eigenvalue weighted by molar-refractivity contribution is -0.117. The Bertz CT molecular complexity index is 868. The van der Waals surface area contributed by atoms with E-state index in [-0.39, 0.29) is 11.2 Å². The maximum absolute atomic E-state index is 12.7. The first-order valence-corrected chi connectivity index (χ1v) is 8.97. The second-order valence-corrected chi connectivity index (χ2v) is 7.20. The van der Waals surface area contributed by atoms with Gasteiger partial charge in [0.2, 0.25) is 5.91 Å². The summed E-state index contributed by atoms with van der Waals surface area (Å²) < 4.78 is 1.82. The molecule has 1 aromatic heterocycles. The molecule has 1 unspecified atom stereocenters. The maximum Gasteiger partial charge on any atom is 0.240 e. The standard InChI is InChI=1S/C18H17ClN4OS/c1-13(17(24)22(2)15-8-4-3-5-9-15)25-18-21-20-12-23(18)16-10-6-7-14(19)11-16/h3-13H,1-2H3. The van der Waals surface area contributed by atoms with E-state index in [2.05, 4.69) is 10.2 Å². The Morgan fingerprint density at radius 2 is 1.96 bits per heavy atom. The SMILES string of the molecule is CC(Sc1nncn1-c1cccc(Cl)c1)C(=O)N(C)c1ccccc1. The topological polar surface area (TPSA) is 51.0 Å². The summed E-state index contributed by atoms with van der Waals surface area (Å²) in [6.07, 6.45) is 1.62. The van der Waals surface area contributed by atoms with Crippen LogP contribution < -0.4 is 4.90 Å². The minimum atomic E-state index is -0.313. The van der Waals surface area contributed by atoms with Gasteiger partial charge in [-0.3, -0.25) is 9.36 Å². The number of thioether (sulfide) groups is 1. The summed E-state index contributed by atoms with van der Waals surface area (Å²) in [7, 11) is 1.77. The van der Waals surface area contributed by atoms with Crippen LogP contribution in [0.15, 0.2) is 66.1 Å². The molecule has 0 radical (unpaired) electrons. The molecule has 1 amide bonds. The number of para-hydroxylation sites is 1. The van der Waals surface area contributed by atoms with Gasteiger partial charge >= 0.3 is 0 Å². The molecule has 0 fully saturated rings. The quantitative estimate of drug-likeness (QED) is 0.633. The highest BCUT2D eigenvalue weighted by Gasteiger charge is 2.22. The fraction of sp³-hybridized carbons (Fsp3) is 0.167. The Balaban J connectivity index is 1.77. The van der Waals surface area contributed by atoms with Crippen molar-refractivity contribution in [2.45, 2.75) is 17.3 Å². The van der Waals surface area contributed by atoms with E-state index in [4.69, 9.17) is 11.6 Å². The number of anilines is 1. The van der Waals surface area contributed by atoms with E-state index in [1.54, 1.807) is 18.3 Å². The number of amides is 1. The van der Waals surface area contributed by atoms with Crippen molar-refractivity contribution in [3.8, 4) is 5.69 Å². The molecule has 3 aromatic rings. The van der Waals surface area contributed by atoms with Crippen molar-refractivity contribution in [1.82, 2.24) is 14.8 Å². The van der Waals surface area contributed by atoms with Gasteiger partial charge < -0.3 is 4.90 Å². The predicted octanol–water partition coefficient (Wildman–Crippen LogP) is 4.06. The number of carbonyl (C=O) groups excluding carboxylic acids is 1. The summed E-state index contributed by atoms with van der Waals surface area (Å²) in [5.41, 5.74) is 1.72. The highest BCUT2D eigenvalue weighted by molar-refractivity contribution is 8.00. The van der Waals surface area contributed by atoms with Crippen molar-refractivity contribution in [3.05, 3.63) is 65.9 Å². The first-order chi connectivity index (χ1) is 12.1. The van der Waals surface area contributed by atoms with Crippen LogP contribution in [0.1, 0.15) is 6.92 Å². The number of carbonyl (C=O) groups is 1. The summed E-state index contributed by atoms with van der Waals surface area (Å²) in [4.78, 5) is 14.3. The van der Waals surface area contributed by atoms with Gasteiger partial charge in [-0.25, -0.2) is 0 Å². The molecule has 0 N–H and O–H groups in total. The average molecular weight is 373 g/mol. The molecule has 3 rings (SSSR count). The molecule has 0 saturated heterocycles. The average Bonchev–Trinajstić information content (AvgIpc) is 3.09. The van der Waals surface area contributed by atoms with Crippen LogP contribution in [0.25, 0.3) is 5.69 Å². The molecule has 5 nitrogen and oxygen atoms in total. The summed E-state index contributed by atoms with van der Waals surface area (Å²) in [5, 5.41) is 9.07. The zero-order valence-electron chi connectivity index (χ0n) is 13.8. The van der Waals surface area contributed by atoms with Gasteiger partial charge in [0.15, 0.2) is 5.16 Å². The molecule has 1 atom stereocenters. The molecule has 0 aliphatic rings. The molecule has 0 spiro atoms. The second-order valence-electron chi connectivity index (χ2n) is 5.46. The lowest BCUT2D eigenvalue weighted by Gasteiger charge is -2.21. The fourth-order valence-corrected chi connectivity index (χ4v) is 3.49. The third kappa shape index (κ3) is 4.03. The van der Waals surface area contributed by atoms with E-state index >= 15 is 0 Å². The van der Waals surface area contributed by atoms with Gasteiger partial charge in [0.1, 0.15) is 6.33 Å². The molecule has 0 saturated carbocycles. The molecule has 25 heavy (non-hydrogen) atoms. The van der Waals surface area contributed by atoms with Crippen molar-refractivity contribution in [3.63, 3.8) is 0 Å². The van der Waals surface area contributed by atoms with Gasteiger partial charge in [-0.1, -0.05) is 47.6 Å². The van der Waals surface area contributed by atoms with Gasteiger partial charge in [-0.2, -0.15) is 0 Å².